The standard InChI is InChI=1S/C23H16BrN3S/c1-15-11-18(24)9-10-21(15)26-13-17(12-25)23-27-22(14-28-23)20-8-4-6-16-5-2-3-7-19(16)20/h2-11,13-14,26H,1H3. The highest BCUT2D eigenvalue weighted by atomic mass is 79.9. The number of nitriles is 1. The van der Waals surface area contributed by atoms with Crippen LogP contribution in [-0.4, -0.2) is 4.98 Å². The van der Waals surface area contributed by atoms with Gasteiger partial charge in [0.1, 0.15) is 16.6 Å². The number of rotatable bonds is 4. The van der Waals surface area contributed by atoms with Gasteiger partial charge in [0.15, 0.2) is 0 Å². The maximum Gasteiger partial charge on any atom is 0.136 e. The van der Waals surface area contributed by atoms with E-state index in [4.69, 9.17) is 4.98 Å². The highest BCUT2D eigenvalue weighted by molar-refractivity contribution is 9.10. The first kappa shape index (κ1) is 18.4. The highest BCUT2D eigenvalue weighted by Crippen LogP contribution is 2.31. The summed E-state index contributed by atoms with van der Waals surface area (Å²) in [7, 11) is 0. The molecule has 0 spiro atoms. The van der Waals surface area contributed by atoms with E-state index in [0.29, 0.717) is 10.6 Å². The first-order valence-corrected chi connectivity index (χ1v) is 10.4. The molecule has 5 heteroatoms. The van der Waals surface area contributed by atoms with Crippen molar-refractivity contribution in [3.05, 3.63) is 87.3 Å². The van der Waals surface area contributed by atoms with E-state index >= 15 is 0 Å². The topological polar surface area (TPSA) is 48.7 Å². The van der Waals surface area contributed by atoms with Gasteiger partial charge in [0.05, 0.1) is 5.69 Å². The van der Waals surface area contributed by atoms with Gasteiger partial charge in [-0.1, -0.05) is 58.4 Å². The van der Waals surface area contributed by atoms with Crippen molar-refractivity contribution in [2.45, 2.75) is 6.92 Å². The molecule has 1 N–H and O–H groups in total. The van der Waals surface area contributed by atoms with Crippen LogP contribution in [0.1, 0.15) is 10.6 Å². The smallest absolute Gasteiger partial charge is 0.136 e. The molecule has 4 aromatic rings. The summed E-state index contributed by atoms with van der Waals surface area (Å²) >= 11 is 4.94. The van der Waals surface area contributed by atoms with Crippen molar-refractivity contribution < 1.29 is 0 Å². The average Bonchev–Trinajstić information content (AvgIpc) is 3.19. The SMILES string of the molecule is Cc1cc(Br)ccc1NC=C(C#N)c1nc(-c2cccc3ccccc23)cs1. The van der Waals surface area contributed by atoms with Crippen LogP contribution in [0.5, 0.6) is 0 Å². The monoisotopic (exact) mass is 445 g/mol. The largest absolute Gasteiger partial charge is 0.360 e. The van der Waals surface area contributed by atoms with E-state index in [9.17, 15) is 5.26 Å². The quantitative estimate of drug-likeness (QED) is 0.343. The summed E-state index contributed by atoms with van der Waals surface area (Å²) in [5.74, 6) is 0. The zero-order chi connectivity index (χ0) is 19.5. The number of aromatic nitrogens is 1. The fourth-order valence-electron chi connectivity index (χ4n) is 3.05. The van der Waals surface area contributed by atoms with Crippen molar-refractivity contribution in [2.75, 3.05) is 5.32 Å². The zero-order valence-electron chi connectivity index (χ0n) is 15.1. The molecule has 0 aliphatic heterocycles. The summed E-state index contributed by atoms with van der Waals surface area (Å²) in [4.78, 5) is 4.73. The number of halogens is 1. The fraction of sp³-hybridized carbons (Fsp3) is 0.0435. The van der Waals surface area contributed by atoms with Gasteiger partial charge in [-0.25, -0.2) is 4.98 Å². The molecule has 1 heterocycles. The number of fused-ring (bicyclic) bond motifs is 1. The number of aryl methyl sites for hydroxylation is 1. The summed E-state index contributed by atoms with van der Waals surface area (Å²) in [5.41, 5.74) is 4.53. The molecule has 0 fully saturated rings. The second kappa shape index (κ2) is 7.97. The molecule has 3 nitrogen and oxygen atoms in total. The maximum atomic E-state index is 9.62. The number of benzene rings is 3. The van der Waals surface area contributed by atoms with Gasteiger partial charge < -0.3 is 5.32 Å². The van der Waals surface area contributed by atoms with Crippen LogP contribution < -0.4 is 5.32 Å². The Labute approximate surface area is 176 Å². The number of nitrogens with zero attached hydrogens (tertiary/aromatic N) is 2. The van der Waals surface area contributed by atoms with Crippen molar-refractivity contribution >= 4 is 49.3 Å². The fourth-order valence-corrected chi connectivity index (χ4v) is 4.31. The lowest BCUT2D eigenvalue weighted by Crippen LogP contribution is -1.93. The lowest BCUT2D eigenvalue weighted by atomic mass is 10.0. The Bertz CT molecular complexity index is 1230. The second-order valence-corrected chi connectivity index (χ2v) is 8.11. The van der Waals surface area contributed by atoms with Crippen LogP contribution in [-0.2, 0) is 0 Å². The number of hydrogen-bond acceptors (Lipinski definition) is 4. The molecule has 0 saturated heterocycles. The summed E-state index contributed by atoms with van der Waals surface area (Å²) in [5, 5.41) is 17.9. The number of hydrogen-bond donors (Lipinski definition) is 1. The third kappa shape index (κ3) is 3.70. The van der Waals surface area contributed by atoms with Crippen molar-refractivity contribution in [1.82, 2.24) is 4.98 Å². The Morgan fingerprint density at radius 1 is 1.14 bits per heavy atom. The van der Waals surface area contributed by atoms with Crippen molar-refractivity contribution in [2.24, 2.45) is 0 Å². The van der Waals surface area contributed by atoms with Gasteiger partial charge in [-0.05, 0) is 41.5 Å². The van der Waals surface area contributed by atoms with E-state index < -0.39 is 0 Å². The van der Waals surface area contributed by atoms with Gasteiger partial charge >= 0.3 is 0 Å². The van der Waals surface area contributed by atoms with Gasteiger partial charge in [-0.2, -0.15) is 5.26 Å². The van der Waals surface area contributed by atoms with E-state index in [1.807, 2.05) is 48.7 Å². The Balaban J connectivity index is 1.66. The van der Waals surface area contributed by atoms with Crippen LogP contribution in [0.4, 0.5) is 5.69 Å². The van der Waals surface area contributed by atoms with Gasteiger partial charge in [0.25, 0.3) is 0 Å². The summed E-state index contributed by atoms with van der Waals surface area (Å²) < 4.78 is 1.03. The molecule has 0 aliphatic carbocycles. The van der Waals surface area contributed by atoms with Gasteiger partial charge in [-0.3, -0.25) is 0 Å². The maximum absolute atomic E-state index is 9.62. The molecule has 0 bridgehead atoms. The molecule has 4 rings (SSSR count). The number of thiazole rings is 1. The molecule has 0 amide bonds. The molecule has 0 saturated carbocycles. The molecular weight excluding hydrogens is 430 g/mol. The van der Waals surface area contributed by atoms with Crippen LogP contribution in [0.25, 0.3) is 27.6 Å². The van der Waals surface area contributed by atoms with Gasteiger partial charge in [0, 0.05) is 27.3 Å². The van der Waals surface area contributed by atoms with Crippen LogP contribution in [0, 0.1) is 18.3 Å². The first-order valence-electron chi connectivity index (χ1n) is 8.73. The minimum absolute atomic E-state index is 0.513. The van der Waals surface area contributed by atoms with Crippen LogP contribution in [0.2, 0.25) is 0 Å². The van der Waals surface area contributed by atoms with E-state index in [2.05, 4.69) is 51.6 Å². The molecule has 0 atom stereocenters. The molecule has 1 aromatic heterocycles. The van der Waals surface area contributed by atoms with Gasteiger partial charge in [-0.15, -0.1) is 11.3 Å². The number of allylic oxidation sites excluding steroid dienone is 1. The zero-order valence-corrected chi connectivity index (χ0v) is 17.5. The average molecular weight is 446 g/mol. The lowest BCUT2D eigenvalue weighted by Gasteiger charge is -2.06. The number of nitrogens with one attached hydrogen (secondary N) is 1. The van der Waals surface area contributed by atoms with E-state index in [0.717, 1.165) is 32.4 Å². The minimum atomic E-state index is 0.513. The van der Waals surface area contributed by atoms with Crippen molar-refractivity contribution in [1.29, 1.82) is 5.26 Å². The van der Waals surface area contributed by atoms with E-state index in [1.165, 1.54) is 16.7 Å². The first-order chi connectivity index (χ1) is 13.7. The minimum Gasteiger partial charge on any atom is -0.360 e. The van der Waals surface area contributed by atoms with Gasteiger partial charge in [0.2, 0.25) is 0 Å². The molecule has 3 aromatic carbocycles. The Morgan fingerprint density at radius 3 is 2.79 bits per heavy atom. The van der Waals surface area contributed by atoms with E-state index in [-0.39, 0.29) is 0 Å². The second-order valence-electron chi connectivity index (χ2n) is 6.34. The lowest BCUT2D eigenvalue weighted by molar-refractivity contribution is 1.36. The molecule has 0 radical (unpaired) electrons. The molecule has 28 heavy (non-hydrogen) atoms. The Kier molecular flexibility index (Phi) is 5.25. The predicted molar refractivity (Wildman–Crippen MR) is 121 cm³/mol. The Hall–Kier alpha value is -2.94. The summed E-state index contributed by atoms with van der Waals surface area (Å²) in [6, 6.07) is 22.7. The third-order valence-corrected chi connectivity index (χ3v) is 5.85. The number of anilines is 1. The summed E-state index contributed by atoms with van der Waals surface area (Å²) in [6.45, 7) is 2.02. The van der Waals surface area contributed by atoms with Crippen molar-refractivity contribution in [3.8, 4) is 17.3 Å². The summed E-state index contributed by atoms with van der Waals surface area (Å²) in [6.07, 6.45) is 1.72. The predicted octanol–water partition coefficient (Wildman–Crippen LogP) is 7.01. The molecule has 0 unspecified atom stereocenters. The Morgan fingerprint density at radius 2 is 1.96 bits per heavy atom. The van der Waals surface area contributed by atoms with Crippen molar-refractivity contribution in [3.63, 3.8) is 0 Å². The van der Waals surface area contributed by atoms with Crippen LogP contribution in [0.3, 0.4) is 0 Å². The van der Waals surface area contributed by atoms with E-state index in [1.54, 1.807) is 6.20 Å². The van der Waals surface area contributed by atoms with Crippen LogP contribution >= 0.6 is 27.3 Å². The third-order valence-electron chi connectivity index (χ3n) is 4.48. The molecule has 0 aliphatic rings. The molecular formula is C23H16BrN3S. The van der Waals surface area contributed by atoms with Crippen LogP contribution in [0.15, 0.2) is 76.7 Å². The normalized spacial score (nSPS) is 11.4. The molecule has 136 valence electrons. The highest BCUT2D eigenvalue weighted by Gasteiger charge is 2.11.